The van der Waals surface area contributed by atoms with Gasteiger partial charge in [0.15, 0.2) is 0 Å². The normalized spacial score (nSPS) is 12.1. The van der Waals surface area contributed by atoms with Crippen molar-refractivity contribution in [3.63, 3.8) is 0 Å². The average molecular weight is 289 g/mol. The number of amides is 3. The predicted octanol–water partition coefficient (Wildman–Crippen LogP) is 1.06. The van der Waals surface area contributed by atoms with E-state index in [2.05, 4.69) is 15.3 Å². The Balaban J connectivity index is 2.09. The monoisotopic (exact) mass is 289 g/mol. The zero-order chi connectivity index (χ0) is 15.6. The van der Waals surface area contributed by atoms with Crippen molar-refractivity contribution < 1.29 is 9.59 Å². The van der Waals surface area contributed by atoms with Crippen LogP contribution < -0.4 is 11.1 Å². The van der Waals surface area contributed by atoms with Gasteiger partial charge in [-0.25, -0.2) is 9.78 Å². The molecule has 1 heterocycles. The number of rotatable bonds is 4. The number of urea groups is 1. The Bertz CT molecular complexity index is 679. The van der Waals surface area contributed by atoms with Crippen LogP contribution in [0.15, 0.2) is 18.2 Å². The third-order valence-corrected chi connectivity index (χ3v) is 3.15. The van der Waals surface area contributed by atoms with E-state index < -0.39 is 5.91 Å². The molecule has 1 aromatic carbocycles. The van der Waals surface area contributed by atoms with E-state index in [0.717, 1.165) is 16.6 Å². The molecule has 0 saturated carbocycles. The number of aromatic amines is 1. The molecule has 0 aliphatic heterocycles. The van der Waals surface area contributed by atoms with E-state index in [0.29, 0.717) is 5.82 Å². The Morgan fingerprint density at radius 2 is 2.19 bits per heavy atom. The van der Waals surface area contributed by atoms with Gasteiger partial charge in [0.25, 0.3) is 0 Å². The van der Waals surface area contributed by atoms with Gasteiger partial charge in [-0.3, -0.25) is 4.79 Å². The minimum atomic E-state index is -0.556. The fourth-order valence-corrected chi connectivity index (χ4v) is 2.02. The first-order valence-electron chi connectivity index (χ1n) is 6.63. The van der Waals surface area contributed by atoms with Crippen LogP contribution in [0.2, 0.25) is 0 Å². The molecular formula is C14H19N5O2. The summed E-state index contributed by atoms with van der Waals surface area (Å²) in [5.41, 5.74) is 7.97. The van der Waals surface area contributed by atoms with Crippen LogP contribution in [-0.2, 0) is 4.79 Å². The molecule has 1 aromatic heterocycles. The highest BCUT2D eigenvalue weighted by Gasteiger charge is 2.17. The summed E-state index contributed by atoms with van der Waals surface area (Å²) in [4.78, 5) is 31.6. The number of carbonyl (C=O) groups excluding carboxylic acids is 2. The summed E-state index contributed by atoms with van der Waals surface area (Å²) in [6, 6.07) is 5.23. The van der Waals surface area contributed by atoms with E-state index in [9.17, 15) is 9.59 Å². The van der Waals surface area contributed by atoms with Crippen molar-refractivity contribution in [1.29, 1.82) is 0 Å². The first kappa shape index (κ1) is 14.8. The van der Waals surface area contributed by atoms with Gasteiger partial charge in [-0.15, -0.1) is 0 Å². The minimum absolute atomic E-state index is 0.127. The van der Waals surface area contributed by atoms with Crippen LogP contribution in [0, 0.1) is 6.92 Å². The van der Waals surface area contributed by atoms with Gasteiger partial charge >= 0.3 is 6.03 Å². The van der Waals surface area contributed by atoms with E-state index >= 15 is 0 Å². The fraction of sp³-hybridized carbons (Fsp3) is 0.357. The van der Waals surface area contributed by atoms with Crippen molar-refractivity contribution in [1.82, 2.24) is 20.2 Å². The van der Waals surface area contributed by atoms with Gasteiger partial charge in [0.2, 0.25) is 5.91 Å². The lowest BCUT2D eigenvalue weighted by atomic mass is 10.2. The zero-order valence-corrected chi connectivity index (χ0v) is 12.3. The van der Waals surface area contributed by atoms with Crippen LogP contribution in [0.25, 0.3) is 11.0 Å². The van der Waals surface area contributed by atoms with Gasteiger partial charge in [-0.1, -0.05) is 6.07 Å². The highest BCUT2D eigenvalue weighted by atomic mass is 16.2. The molecule has 3 amide bonds. The molecule has 0 aliphatic rings. The smallest absolute Gasteiger partial charge is 0.318 e. The molecule has 2 rings (SSSR count). The second kappa shape index (κ2) is 5.82. The Labute approximate surface area is 122 Å². The number of fused-ring (bicyclic) bond motifs is 1. The average Bonchev–Trinajstić information content (AvgIpc) is 2.80. The summed E-state index contributed by atoms with van der Waals surface area (Å²) in [6.45, 7) is 3.70. The van der Waals surface area contributed by atoms with E-state index in [4.69, 9.17) is 5.73 Å². The van der Waals surface area contributed by atoms with Gasteiger partial charge < -0.3 is 20.9 Å². The number of likely N-dealkylation sites (N-methyl/N-ethyl adjacent to an activating group) is 1. The Morgan fingerprint density at radius 3 is 2.86 bits per heavy atom. The summed E-state index contributed by atoms with van der Waals surface area (Å²) in [7, 11) is 1.51. The van der Waals surface area contributed by atoms with Gasteiger partial charge in [0.05, 0.1) is 17.1 Å². The van der Waals surface area contributed by atoms with Gasteiger partial charge in [0.1, 0.15) is 12.4 Å². The van der Waals surface area contributed by atoms with Crippen molar-refractivity contribution >= 4 is 23.0 Å². The molecule has 1 atom stereocenters. The fourth-order valence-electron chi connectivity index (χ4n) is 2.02. The largest absolute Gasteiger partial charge is 0.368 e. The third kappa shape index (κ3) is 3.50. The lowest BCUT2D eigenvalue weighted by Gasteiger charge is -2.19. The number of carbonyl (C=O) groups is 2. The number of aryl methyl sites for hydroxylation is 1. The number of primary amides is 1. The van der Waals surface area contributed by atoms with Crippen molar-refractivity contribution in [2.24, 2.45) is 5.73 Å². The summed E-state index contributed by atoms with van der Waals surface area (Å²) in [5, 5.41) is 2.76. The summed E-state index contributed by atoms with van der Waals surface area (Å²) in [6.07, 6.45) is 0. The molecule has 0 fully saturated rings. The summed E-state index contributed by atoms with van der Waals surface area (Å²) in [5.74, 6) is 0.107. The molecule has 2 aromatic rings. The van der Waals surface area contributed by atoms with E-state index in [1.165, 1.54) is 11.9 Å². The summed E-state index contributed by atoms with van der Waals surface area (Å²) < 4.78 is 0. The maximum Gasteiger partial charge on any atom is 0.318 e. The number of imidazole rings is 1. The highest BCUT2D eigenvalue weighted by Crippen LogP contribution is 2.17. The third-order valence-electron chi connectivity index (χ3n) is 3.15. The first-order chi connectivity index (χ1) is 9.86. The minimum Gasteiger partial charge on any atom is -0.368 e. The Morgan fingerprint density at radius 1 is 1.48 bits per heavy atom. The lowest BCUT2D eigenvalue weighted by Crippen LogP contribution is -2.42. The molecule has 7 heteroatoms. The van der Waals surface area contributed by atoms with Gasteiger partial charge in [-0.05, 0) is 31.5 Å². The predicted molar refractivity (Wildman–Crippen MR) is 79.6 cm³/mol. The van der Waals surface area contributed by atoms with E-state index in [1.54, 1.807) is 0 Å². The van der Waals surface area contributed by atoms with Crippen LogP contribution in [0.5, 0.6) is 0 Å². The molecule has 0 unspecified atom stereocenters. The van der Waals surface area contributed by atoms with Crippen molar-refractivity contribution in [2.45, 2.75) is 19.9 Å². The first-order valence-corrected chi connectivity index (χ1v) is 6.63. The molecule has 0 bridgehead atoms. The zero-order valence-electron chi connectivity index (χ0n) is 12.3. The number of nitrogens with zero attached hydrogens (tertiary/aromatic N) is 2. The van der Waals surface area contributed by atoms with E-state index in [-0.39, 0.29) is 18.6 Å². The van der Waals surface area contributed by atoms with Gasteiger partial charge in [-0.2, -0.15) is 0 Å². The SMILES string of the molecule is Cc1ccc2nc([C@@H](C)NC(=O)N(C)CC(N)=O)[nH]c2c1. The van der Waals surface area contributed by atoms with Crippen LogP contribution in [0.3, 0.4) is 0 Å². The maximum atomic E-state index is 11.9. The Kier molecular flexibility index (Phi) is 4.11. The van der Waals surface area contributed by atoms with Crippen LogP contribution >= 0.6 is 0 Å². The second-order valence-corrected chi connectivity index (χ2v) is 5.14. The van der Waals surface area contributed by atoms with Crippen LogP contribution in [0.1, 0.15) is 24.4 Å². The highest BCUT2D eigenvalue weighted by molar-refractivity contribution is 5.83. The number of hydrogen-bond donors (Lipinski definition) is 3. The standard InChI is InChI=1S/C14H19N5O2/c1-8-4-5-10-11(6-8)18-13(17-10)9(2)16-14(21)19(3)7-12(15)20/h4-6,9H,7H2,1-3H3,(H2,15,20)(H,16,21)(H,17,18)/t9-/m1/s1. The van der Waals surface area contributed by atoms with Crippen molar-refractivity contribution in [3.8, 4) is 0 Å². The quantitative estimate of drug-likeness (QED) is 0.783. The number of aromatic nitrogens is 2. The number of H-pyrrole nitrogens is 1. The number of nitrogens with two attached hydrogens (primary N) is 1. The maximum absolute atomic E-state index is 11.9. The molecule has 0 radical (unpaired) electrons. The molecular weight excluding hydrogens is 270 g/mol. The molecule has 7 nitrogen and oxygen atoms in total. The van der Waals surface area contributed by atoms with Crippen LogP contribution in [-0.4, -0.2) is 40.4 Å². The molecule has 21 heavy (non-hydrogen) atoms. The topological polar surface area (TPSA) is 104 Å². The molecule has 4 N–H and O–H groups in total. The molecule has 112 valence electrons. The van der Waals surface area contributed by atoms with Crippen molar-refractivity contribution in [2.75, 3.05) is 13.6 Å². The van der Waals surface area contributed by atoms with Gasteiger partial charge in [0, 0.05) is 7.05 Å². The molecule has 0 aliphatic carbocycles. The van der Waals surface area contributed by atoms with Crippen molar-refractivity contribution in [3.05, 3.63) is 29.6 Å². The molecule has 0 saturated heterocycles. The van der Waals surface area contributed by atoms with E-state index in [1.807, 2.05) is 32.0 Å². The number of hydrogen-bond acceptors (Lipinski definition) is 3. The molecule has 0 spiro atoms. The summed E-state index contributed by atoms with van der Waals surface area (Å²) >= 11 is 0. The Hall–Kier alpha value is -2.57. The second-order valence-electron chi connectivity index (χ2n) is 5.14. The number of nitrogens with one attached hydrogen (secondary N) is 2. The number of benzene rings is 1. The van der Waals surface area contributed by atoms with Crippen LogP contribution in [0.4, 0.5) is 4.79 Å². The lowest BCUT2D eigenvalue weighted by molar-refractivity contribution is -0.118.